The Bertz CT molecular complexity index is 763. The Morgan fingerprint density at radius 3 is 2.82 bits per heavy atom. The Balaban J connectivity index is 1.53. The average molecular weight is 299 g/mol. The second-order valence-electron chi connectivity index (χ2n) is 5.17. The van der Waals surface area contributed by atoms with Gasteiger partial charge in [0.25, 0.3) is 0 Å². The second-order valence-corrected chi connectivity index (χ2v) is 5.17. The first-order valence-corrected chi connectivity index (χ1v) is 7.03. The zero-order chi connectivity index (χ0) is 14.9. The fourth-order valence-corrected chi connectivity index (χ4v) is 2.59. The molecular formula is C14H14FN7. The Kier molecular flexibility index (Phi) is 3.06. The van der Waals surface area contributed by atoms with E-state index in [0.717, 1.165) is 24.6 Å². The van der Waals surface area contributed by atoms with Gasteiger partial charge in [-0.05, 0) is 6.07 Å². The van der Waals surface area contributed by atoms with Crippen molar-refractivity contribution in [3.05, 3.63) is 54.4 Å². The van der Waals surface area contributed by atoms with Crippen LogP contribution in [0.25, 0.3) is 0 Å². The van der Waals surface area contributed by atoms with Crippen LogP contribution in [0.5, 0.6) is 0 Å². The molecule has 0 N–H and O–H groups in total. The molecule has 0 unspecified atom stereocenters. The van der Waals surface area contributed by atoms with Crippen LogP contribution in [0.3, 0.4) is 0 Å². The molecule has 3 aromatic rings. The number of imidazole rings is 1. The Morgan fingerprint density at radius 2 is 2.05 bits per heavy atom. The first-order valence-electron chi connectivity index (χ1n) is 7.03. The van der Waals surface area contributed by atoms with E-state index in [0.29, 0.717) is 19.0 Å². The van der Waals surface area contributed by atoms with Crippen LogP contribution in [0.15, 0.2) is 37.1 Å². The molecule has 0 saturated heterocycles. The van der Waals surface area contributed by atoms with E-state index in [1.54, 1.807) is 6.20 Å². The summed E-state index contributed by atoms with van der Waals surface area (Å²) < 4.78 is 16.9. The molecule has 8 heteroatoms. The molecule has 3 aromatic heterocycles. The Morgan fingerprint density at radius 1 is 1.18 bits per heavy atom. The molecular weight excluding hydrogens is 285 g/mol. The van der Waals surface area contributed by atoms with Gasteiger partial charge in [0.1, 0.15) is 5.82 Å². The summed E-state index contributed by atoms with van der Waals surface area (Å²) in [6, 6.07) is 1.89. The van der Waals surface area contributed by atoms with Gasteiger partial charge in [-0.2, -0.15) is 5.10 Å². The minimum Gasteiger partial charge on any atom is -0.332 e. The molecule has 0 fully saturated rings. The Labute approximate surface area is 126 Å². The minimum atomic E-state index is -0.427. The van der Waals surface area contributed by atoms with Gasteiger partial charge in [0, 0.05) is 31.7 Å². The summed E-state index contributed by atoms with van der Waals surface area (Å²) in [5, 5.41) is 4.19. The standard InChI is InChI=1S/C14H14FN7/c15-11-6-16-14(17-7-11)21-5-4-20-8-12(19-13(20)10-21)9-22-3-1-2-18-22/h1-3,6-8H,4-5,9-10H2. The lowest BCUT2D eigenvalue weighted by Gasteiger charge is -2.27. The topological polar surface area (TPSA) is 64.7 Å². The molecule has 4 heterocycles. The Hall–Kier alpha value is -2.77. The quantitative estimate of drug-likeness (QED) is 0.724. The predicted octanol–water partition coefficient (Wildman–Crippen LogP) is 1.08. The van der Waals surface area contributed by atoms with Crippen molar-refractivity contribution in [3.8, 4) is 0 Å². The van der Waals surface area contributed by atoms with Crippen LogP contribution in [0.4, 0.5) is 10.3 Å². The van der Waals surface area contributed by atoms with Gasteiger partial charge in [-0.1, -0.05) is 0 Å². The van der Waals surface area contributed by atoms with Gasteiger partial charge < -0.3 is 9.47 Å². The normalized spacial score (nSPS) is 14.1. The second kappa shape index (κ2) is 5.21. The highest BCUT2D eigenvalue weighted by Gasteiger charge is 2.20. The zero-order valence-electron chi connectivity index (χ0n) is 11.8. The highest BCUT2D eigenvalue weighted by atomic mass is 19.1. The van der Waals surface area contributed by atoms with Crippen LogP contribution in [0, 0.1) is 5.82 Å². The van der Waals surface area contributed by atoms with Crippen LogP contribution < -0.4 is 4.90 Å². The third-order valence-corrected chi connectivity index (χ3v) is 3.62. The molecule has 0 atom stereocenters. The number of nitrogens with zero attached hydrogens (tertiary/aromatic N) is 7. The van der Waals surface area contributed by atoms with Gasteiger partial charge in [0.2, 0.25) is 5.95 Å². The number of rotatable bonds is 3. The maximum Gasteiger partial charge on any atom is 0.225 e. The zero-order valence-corrected chi connectivity index (χ0v) is 11.8. The lowest BCUT2D eigenvalue weighted by Crippen LogP contribution is -2.34. The smallest absolute Gasteiger partial charge is 0.225 e. The monoisotopic (exact) mass is 299 g/mol. The summed E-state index contributed by atoms with van der Waals surface area (Å²) in [4.78, 5) is 14.7. The predicted molar refractivity (Wildman–Crippen MR) is 76.6 cm³/mol. The van der Waals surface area contributed by atoms with Crippen LogP contribution in [-0.4, -0.2) is 35.8 Å². The van der Waals surface area contributed by atoms with Gasteiger partial charge in [0.05, 0.1) is 31.2 Å². The van der Waals surface area contributed by atoms with Gasteiger partial charge >= 0.3 is 0 Å². The summed E-state index contributed by atoms with van der Waals surface area (Å²) in [5.41, 5.74) is 0.973. The van der Waals surface area contributed by atoms with E-state index in [-0.39, 0.29) is 0 Å². The molecule has 7 nitrogen and oxygen atoms in total. The van der Waals surface area contributed by atoms with Crippen molar-refractivity contribution in [2.75, 3.05) is 11.4 Å². The molecule has 0 radical (unpaired) electrons. The highest BCUT2D eigenvalue weighted by molar-refractivity contribution is 5.30. The fourth-order valence-electron chi connectivity index (χ4n) is 2.59. The third kappa shape index (κ3) is 2.43. The largest absolute Gasteiger partial charge is 0.332 e. The average Bonchev–Trinajstić information content (AvgIpc) is 3.16. The first kappa shape index (κ1) is 12.9. The van der Waals surface area contributed by atoms with Crippen LogP contribution >= 0.6 is 0 Å². The van der Waals surface area contributed by atoms with Crippen molar-refractivity contribution in [2.24, 2.45) is 0 Å². The third-order valence-electron chi connectivity index (χ3n) is 3.62. The van der Waals surface area contributed by atoms with Crippen molar-refractivity contribution in [3.63, 3.8) is 0 Å². The van der Waals surface area contributed by atoms with Crippen molar-refractivity contribution in [1.29, 1.82) is 0 Å². The number of hydrogen-bond donors (Lipinski definition) is 0. The number of anilines is 1. The molecule has 1 aliphatic rings. The molecule has 0 aliphatic carbocycles. The van der Waals surface area contributed by atoms with E-state index in [2.05, 4.69) is 30.8 Å². The van der Waals surface area contributed by atoms with E-state index in [1.807, 2.05) is 21.8 Å². The molecule has 0 spiro atoms. The molecule has 0 aromatic carbocycles. The van der Waals surface area contributed by atoms with E-state index in [4.69, 9.17) is 0 Å². The molecule has 0 amide bonds. The lowest BCUT2D eigenvalue weighted by molar-refractivity contribution is 0.547. The fraction of sp³-hybridized carbons (Fsp3) is 0.286. The van der Waals surface area contributed by atoms with Crippen molar-refractivity contribution in [1.82, 2.24) is 29.3 Å². The molecule has 22 heavy (non-hydrogen) atoms. The molecule has 4 rings (SSSR count). The maximum absolute atomic E-state index is 12.9. The van der Waals surface area contributed by atoms with Gasteiger partial charge in [-0.3, -0.25) is 4.68 Å². The van der Waals surface area contributed by atoms with E-state index in [9.17, 15) is 4.39 Å². The molecule has 1 aliphatic heterocycles. The van der Waals surface area contributed by atoms with Crippen molar-refractivity contribution in [2.45, 2.75) is 19.6 Å². The van der Waals surface area contributed by atoms with Crippen LogP contribution in [-0.2, 0) is 19.6 Å². The minimum absolute atomic E-state index is 0.427. The number of fused-ring (bicyclic) bond motifs is 1. The van der Waals surface area contributed by atoms with Crippen LogP contribution in [0.1, 0.15) is 11.5 Å². The summed E-state index contributed by atoms with van der Waals surface area (Å²) in [7, 11) is 0. The van der Waals surface area contributed by atoms with Crippen molar-refractivity contribution < 1.29 is 4.39 Å². The number of halogens is 1. The first-order chi connectivity index (χ1) is 10.8. The maximum atomic E-state index is 12.9. The molecule has 112 valence electrons. The summed E-state index contributed by atoms with van der Waals surface area (Å²) in [6.07, 6.45) is 8.10. The molecule has 0 bridgehead atoms. The lowest BCUT2D eigenvalue weighted by atomic mass is 10.4. The summed E-state index contributed by atoms with van der Waals surface area (Å²) in [5.74, 6) is 1.06. The molecule has 0 saturated carbocycles. The van der Waals surface area contributed by atoms with Crippen LogP contribution in [0.2, 0.25) is 0 Å². The van der Waals surface area contributed by atoms with E-state index in [1.165, 1.54) is 12.4 Å². The SMILES string of the molecule is Fc1cnc(N2CCn3cc(Cn4cccn4)nc3C2)nc1. The van der Waals surface area contributed by atoms with Gasteiger partial charge in [-0.15, -0.1) is 0 Å². The van der Waals surface area contributed by atoms with Gasteiger partial charge in [-0.25, -0.2) is 19.3 Å². The van der Waals surface area contributed by atoms with E-state index >= 15 is 0 Å². The number of aromatic nitrogens is 6. The number of hydrogen-bond acceptors (Lipinski definition) is 5. The van der Waals surface area contributed by atoms with Gasteiger partial charge in [0.15, 0.2) is 5.82 Å². The van der Waals surface area contributed by atoms with E-state index < -0.39 is 5.82 Å². The van der Waals surface area contributed by atoms with Crippen molar-refractivity contribution >= 4 is 5.95 Å². The summed E-state index contributed by atoms with van der Waals surface area (Å²) >= 11 is 0. The highest BCUT2D eigenvalue weighted by Crippen LogP contribution is 2.17. The summed E-state index contributed by atoms with van der Waals surface area (Å²) in [6.45, 7) is 2.85.